The summed E-state index contributed by atoms with van der Waals surface area (Å²) in [4.78, 5) is 8.02. The molecule has 0 aliphatic carbocycles. The summed E-state index contributed by atoms with van der Waals surface area (Å²) in [7, 11) is 0. The van der Waals surface area contributed by atoms with Crippen LogP contribution < -0.4 is 0 Å². The predicted molar refractivity (Wildman–Crippen MR) is 87.9 cm³/mol. The summed E-state index contributed by atoms with van der Waals surface area (Å²) in [5.74, 6) is 0. The van der Waals surface area contributed by atoms with Gasteiger partial charge in [-0.25, -0.2) is 0 Å². The topological polar surface area (TPSA) is 17.2 Å². The number of hydrogen-bond acceptors (Lipinski definition) is 1. The van der Waals surface area contributed by atoms with Crippen LogP contribution in [0.25, 0.3) is 35.4 Å². The molecule has 0 fully saturated rings. The second-order valence-corrected chi connectivity index (χ2v) is 7.00. The number of rotatable bonds is 1. The van der Waals surface area contributed by atoms with Gasteiger partial charge in [-0.15, -0.1) is 0 Å². The summed E-state index contributed by atoms with van der Waals surface area (Å²) in [5.41, 5.74) is 2.96. The molecule has 0 aliphatic heterocycles. The average molecular weight is 333 g/mol. The van der Waals surface area contributed by atoms with Crippen LogP contribution in [0.15, 0.2) is 60.8 Å². The SMILES string of the molecule is [C-]#[N+]c1ccc2c(c1)[se]c1c(-c3ccccn3)cccc12. The first-order valence-corrected chi connectivity index (χ1v) is 8.32. The minimum atomic E-state index is 0.236. The van der Waals surface area contributed by atoms with Crippen molar-refractivity contribution in [2.45, 2.75) is 0 Å². The van der Waals surface area contributed by atoms with Gasteiger partial charge in [-0.2, -0.15) is 0 Å². The Morgan fingerprint density at radius 2 is 1.90 bits per heavy atom. The van der Waals surface area contributed by atoms with E-state index in [2.05, 4.69) is 40.2 Å². The Balaban J connectivity index is 2.08. The summed E-state index contributed by atoms with van der Waals surface area (Å²) in [6.07, 6.45) is 1.83. The summed E-state index contributed by atoms with van der Waals surface area (Å²) < 4.78 is 2.68. The van der Waals surface area contributed by atoms with Gasteiger partial charge in [-0.05, 0) is 0 Å². The van der Waals surface area contributed by atoms with Crippen molar-refractivity contribution in [3.8, 4) is 11.3 Å². The first kappa shape index (κ1) is 12.3. The number of pyridine rings is 1. The van der Waals surface area contributed by atoms with Gasteiger partial charge in [0.05, 0.1) is 0 Å². The van der Waals surface area contributed by atoms with Crippen LogP contribution in [0.1, 0.15) is 0 Å². The van der Waals surface area contributed by atoms with Crippen LogP contribution in [-0.2, 0) is 0 Å². The minimum absolute atomic E-state index is 0.236. The van der Waals surface area contributed by atoms with Crippen LogP contribution in [0.3, 0.4) is 0 Å². The molecule has 2 nitrogen and oxygen atoms in total. The van der Waals surface area contributed by atoms with Gasteiger partial charge in [-0.3, -0.25) is 0 Å². The van der Waals surface area contributed by atoms with Crippen LogP contribution >= 0.6 is 0 Å². The molecule has 0 saturated heterocycles. The predicted octanol–water partition coefficient (Wildman–Crippen LogP) is 4.66. The molecule has 21 heavy (non-hydrogen) atoms. The van der Waals surface area contributed by atoms with E-state index in [0.717, 1.165) is 11.4 Å². The van der Waals surface area contributed by atoms with Crippen molar-refractivity contribution in [1.29, 1.82) is 0 Å². The number of benzene rings is 2. The van der Waals surface area contributed by atoms with Crippen molar-refractivity contribution in [2.75, 3.05) is 0 Å². The van der Waals surface area contributed by atoms with Crippen molar-refractivity contribution >= 4 is 39.5 Å². The molecule has 98 valence electrons. The van der Waals surface area contributed by atoms with Crippen molar-refractivity contribution in [1.82, 2.24) is 4.98 Å². The molecule has 0 unspecified atom stereocenters. The molecule has 3 heteroatoms. The maximum absolute atomic E-state index is 7.17. The molecule has 0 atom stereocenters. The van der Waals surface area contributed by atoms with Gasteiger partial charge in [0.15, 0.2) is 0 Å². The van der Waals surface area contributed by atoms with Gasteiger partial charge in [0.2, 0.25) is 0 Å². The Morgan fingerprint density at radius 3 is 2.71 bits per heavy atom. The molecule has 2 aromatic carbocycles. The van der Waals surface area contributed by atoms with E-state index in [1.54, 1.807) is 0 Å². The second kappa shape index (κ2) is 4.86. The van der Waals surface area contributed by atoms with Gasteiger partial charge < -0.3 is 0 Å². The molecule has 0 spiro atoms. The summed E-state index contributed by atoms with van der Waals surface area (Å²) >= 11 is 0.236. The zero-order chi connectivity index (χ0) is 14.2. The molecular formula is C18H10N2Se. The molecule has 4 rings (SSSR count). The number of nitrogens with zero attached hydrogens (tertiary/aromatic N) is 2. The Labute approximate surface area is 128 Å². The Kier molecular flexibility index (Phi) is 2.86. The van der Waals surface area contributed by atoms with Gasteiger partial charge in [0, 0.05) is 0 Å². The fourth-order valence-corrected chi connectivity index (χ4v) is 5.22. The van der Waals surface area contributed by atoms with E-state index >= 15 is 0 Å². The second-order valence-electron chi connectivity index (χ2n) is 4.79. The van der Waals surface area contributed by atoms with Gasteiger partial charge >= 0.3 is 128 Å². The van der Waals surface area contributed by atoms with E-state index in [4.69, 9.17) is 6.57 Å². The fourth-order valence-electron chi connectivity index (χ4n) is 2.58. The Morgan fingerprint density at radius 1 is 0.952 bits per heavy atom. The van der Waals surface area contributed by atoms with E-state index in [1.165, 1.54) is 24.9 Å². The van der Waals surface area contributed by atoms with E-state index in [9.17, 15) is 0 Å². The van der Waals surface area contributed by atoms with Crippen LogP contribution in [0.2, 0.25) is 0 Å². The van der Waals surface area contributed by atoms with Gasteiger partial charge in [0.25, 0.3) is 0 Å². The average Bonchev–Trinajstić information content (AvgIpc) is 2.93. The Hall–Kier alpha value is -2.40. The molecule has 0 saturated carbocycles. The first-order chi connectivity index (χ1) is 10.4. The third-order valence-corrected chi connectivity index (χ3v) is 6.07. The molecule has 2 heterocycles. The number of aromatic nitrogens is 1. The van der Waals surface area contributed by atoms with Crippen LogP contribution in [-0.4, -0.2) is 19.5 Å². The quantitative estimate of drug-likeness (QED) is 0.366. The maximum atomic E-state index is 7.17. The fraction of sp³-hybridized carbons (Fsp3) is 0. The molecular weight excluding hydrogens is 323 g/mol. The summed E-state index contributed by atoms with van der Waals surface area (Å²) in [6, 6.07) is 18.4. The van der Waals surface area contributed by atoms with Crippen molar-refractivity contribution in [2.24, 2.45) is 0 Å². The van der Waals surface area contributed by atoms with Crippen LogP contribution in [0.5, 0.6) is 0 Å². The third-order valence-electron chi connectivity index (χ3n) is 3.55. The van der Waals surface area contributed by atoms with Crippen molar-refractivity contribution in [3.05, 3.63) is 72.2 Å². The van der Waals surface area contributed by atoms with Crippen LogP contribution in [0, 0.1) is 6.57 Å². The third kappa shape index (κ3) is 1.97. The Bertz CT molecular complexity index is 994. The van der Waals surface area contributed by atoms with E-state index in [1.807, 2.05) is 30.5 Å². The van der Waals surface area contributed by atoms with E-state index in [-0.39, 0.29) is 14.5 Å². The zero-order valence-corrected chi connectivity index (χ0v) is 12.8. The summed E-state index contributed by atoms with van der Waals surface area (Å²) in [5, 5.41) is 2.57. The number of hydrogen-bond donors (Lipinski definition) is 0. The monoisotopic (exact) mass is 334 g/mol. The number of fused-ring (bicyclic) bond motifs is 3. The van der Waals surface area contributed by atoms with Crippen LogP contribution in [0.4, 0.5) is 5.69 Å². The molecule has 0 aliphatic rings. The van der Waals surface area contributed by atoms with Gasteiger partial charge in [0.1, 0.15) is 0 Å². The molecule has 2 aromatic heterocycles. The normalized spacial score (nSPS) is 10.8. The molecule has 0 radical (unpaired) electrons. The zero-order valence-electron chi connectivity index (χ0n) is 11.1. The summed E-state index contributed by atoms with van der Waals surface area (Å²) in [6.45, 7) is 7.17. The van der Waals surface area contributed by atoms with E-state index in [0.29, 0.717) is 0 Å². The van der Waals surface area contributed by atoms with E-state index < -0.39 is 0 Å². The molecule has 0 amide bonds. The molecule has 0 bridgehead atoms. The van der Waals surface area contributed by atoms with Crippen molar-refractivity contribution in [3.63, 3.8) is 0 Å². The van der Waals surface area contributed by atoms with Crippen molar-refractivity contribution < 1.29 is 0 Å². The van der Waals surface area contributed by atoms with Gasteiger partial charge in [-0.1, -0.05) is 0 Å². The standard InChI is InChI=1S/C18H10N2Se/c1-19-12-8-9-13-14-5-4-6-15(16-7-2-3-10-20-16)18(14)21-17(13)11-12/h2-11H. The molecule has 4 aromatic rings. The molecule has 0 N–H and O–H groups in total. The first-order valence-electron chi connectivity index (χ1n) is 6.61.